The van der Waals surface area contributed by atoms with Crippen molar-refractivity contribution in [3.8, 4) is 5.75 Å². The number of benzene rings is 1. The van der Waals surface area contributed by atoms with Crippen molar-refractivity contribution in [3.63, 3.8) is 0 Å². The molecule has 2 N–H and O–H groups in total. The number of nitrogens with two attached hydrogens (primary N) is 1. The molecule has 20 heavy (non-hydrogen) atoms. The fourth-order valence-corrected chi connectivity index (χ4v) is 3.32. The Balaban J connectivity index is 1.64. The van der Waals surface area contributed by atoms with Gasteiger partial charge in [-0.3, -0.25) is 0 Å². The lowest BCUT2D eigenvalue weighted by Gasteiger charge is -2.34. The summed E-state index contributed by atoms with van der Waals surface area (Å²) in [4.78, 5) is 0. The van der Waals surface area contributed by atoms with E-state index in [1.54, 1.807) is 0 Å². The zero-order valence-corrected chi connectivity index (χ0v) is 12.1. The molecule has 3 rings (SSSR count). The highest BCUT2D eigenvalue weighted by Gasteiger charge is 2.29. The molecule has 1 aliphatic heterocycles. The van der Waals surface area contributed by atoms with Crippen molar-refractivity contribution < 1.29 is 9.47 Å². The van der Waals surface area contributed by atoms with Gasteiger partial charge in [0, 0.05) is 18.4 Å². The van der Waals surface area contributed by atoms with Crippen LogP contribution < -0.4 is 10.5 Å². The van der Waals surface area contributed by atoms with Gasteiger partial charge in [0.05, 0.1) is 13.2 Å². The van der Waals surface area contributed by atoms with Gasteiger partial charge in [-0.1, -0.05) is 31.4 Å². The molecule has 0 atom stereocenters. The first-order valence-electron chi connectivity index (χ1n) is 7.90. The topological polar surface area (TPSA) is 44.5 Å². The molecule has 1 aromatic carbocycles. The first kappa shape index (κ1) is 13.9. The van der Waals surface area contributed by atoms with Gasteiger partial charge in [0.2, 0.25) is 0 Å². The van der Waals surface area contributed by atoms with E-state index in [4.69, 9.17) is 15.2 Å². The highest BCUT2D eigenvalue weighted by molar-refractivity contribution is 5.32. The minimum absolute atomic E-state index is 0.116. The van der Waals surface area contributed by atoms with Crippen molar-refractivity contribution in [2.75, 3.05) is 13.2 Å². The Morgan fingerprint density at radius 2 is 1.65 bits per heavy atom. The summed E-state index contributed by atoms with van der Waals surface area (Å²) in [5.41, 5.74) is 7.70. The third-order valence-electron chi connectivity index (χ3n) is 4.65. The average molecular weight is 275 g/mol. The Labute approximate surface area is 121 Å². The Morgan fingerprint density at radius 1 is 1.00 bits per heavy atom. The first-order valence-corrected chi connectivity index (χ1v) is 7.90. The minimum atomic E-state index is -0.116. The minimum Gasteiger partial charge on any atom is -0.490 e. The summed E-state index contributed by atoms with van der Waals surface area (Å²) in [7, 11) is 0. The van der Waals surface area contributed by atoms with Gasteiger partial charge in [-0.25, -0.2) is 0 Å². The summed E-state index contributed by atoms with van der Waals surface area (Å²) in [6.45, 7) is 1.63. The maximum Gasteiger partial charge on any atom is 0.119 e. The average Bonchev–Trinajstić information content (AvgIpc) is 2.50. The molecule has 0 bridgehead atoms. The molecule has 1 saturated carbocycles. The molecule has 1 aromatic rings. The van der Waals surface area contributed by atoms with Crippen LogP contribution in [0.3, 0.4) is 0 Å². The van der Waals surface area contributed by atoms with E-state index in [9.17, 15) is 0 Å². The molecule has 0 radical (unpaired) electrons. The standard InChI is InChI=1S/C17H25NO2/c18-17(10-2-1-3-11-17)14-4-6-15(7-5-14)20-16-8-12-19-13-9-16/h4-7,16H,1-3,8-13,18H2. The van der Waals surface area contributed by atoms with E-state index in [0.717, 1.165) is 44.6 Å². The predicted octanol–water partition coefficient (Wildman–Crippen LogP) is 3.36. The van der Waals surface area contributed by atoms with Crippen molar-refractivity contribution in [2.24, 2.45) is 5.73 Å². The van der Waals surface area contributed by atoms with Crippen LogP contribution in [-0.4, -0.2) is 19.3 Å². The highest BCUT2D eigenvalue weighted by Crippen LogP contribution is 2.35. The third kappa shape index (κ3) is 3.15. The van der Waals surface area contributed by atoms with Crippen LogP contribution in [-0.2, 0) is 10.3 Å². The molecule has 0 aromatic heterocycles. The van der Waals surface area contributed by atoms with Gasteiger partial charge in [0.15, 0.2) is 0 Å². The second kappa shape index (κ2) is 6.15. The highest BCUT2D eigenvalue weighted by atomic mass is 16.5. The molecule has 3 heteroatoms. The summed E-state index contributed by atoms with van der Waals surface area (Å²) in [6, 6.07) is 8.46. The molecule has 1 heterocycles. The zero-order chi connectivity index (χ0) is 13.8. The summed E-state index contributed by atoms with van der Waals surface area (Å²) in [5.74, 6) is 0.958. The monoisotopic (exact) mass is 275 g/mol. The molecule has 1 saturated heterocycles. The van der Waals surface area contributed by atoms with E-state index in [0.29, 0.717) is 6.10 Å². The summed E-state index contributed by atoms with van der Waals surface area (Å²) in [5, 5.41) is 0. The van der Waals surface area contributed by atoms with E-state index in [1.165, 1.54) is 24.8 Å². The lowest BCUT2D eigenvalue weighted by Crippen LogP contribution is -2.38. The van der Waals surface area contributed by atoms with Gasteiger partial charge in [-0.2, -0.15) is 0 Å². The molecule has 110 valence electrons. The van der Waals surface area contributed by atoms with E-state index < -0.39 is 0 Å². The quantitative estimate of drug-likeness (QED) is 0.920. The fraction of sp³-hybridized carbons (Fsp3) is 0.647. The predicted molar refractivity (Wildman–Crippen MR) is 79.9 cm³/mol. The van der Waals surface area contributed by atoms with Gasteiger partial charge in [-0.05, 0) is 30.5 Å². The van der Waals surface area contributed by atoms with E-state index >= 15 is 0 Å². The maximum absolute atomic E-state index is 6.56. The van der Waals surface area contributed by atoms with Gasteiger partial charge in [0.1, 0.15) is 11.9 Å². The van der Waals surface area contributed by atoms with Crippen LogP contribution in [0.5, 0.6) is 5.75 Å². The van der Waals surface area contributed by atoms with Crippen LogP contribution in [0.15, 0.2) is 24.3 Å². The molecule has 0 amide bonds. The largest absolute Gasteiger partial charge is 0.490 e. The van der Waals surface area contributed by atoms with Crippen LogP contribution >= 0.6 is 0 Å². The first-order chi connectivity index (χ1) is 9.76. The van der Waals surface area contributed by atoms with Gasteiger partial charge < -0.3 is 15.2 Å². The molecule has 0 spiro atoms. The van der Waals surface area contributed by atoms with Crippen molar-refractivity contribution in [1.29, 1.82) is 0 Å². The maximum atomic E-state index is 6.56. The van der Waals surface area contributed by atoms with Crippen LogP contribution in [0.1, 0.15) is 50.5 Å². The fourth-order valence-electron chi connectivity index (χ4n) is 3.32. The van der Waals surface area contributed by atoms with Crippen LogP contribution in [0.4, 0.5) is 0 Å². The van der Waals surface area contributed by atoms with Crippen molar-refractivity contribution >= 4 is 0 Å². The summed E-state index contributed by atoms with van der Waals surface area (Å²) in [6.07, 6.45) is 8.30. The molecular weight excluding hydrogens is 250 g/mol. The van der Waals surface area contributed by atoms with Gasteiger partial charge in [0.25, 0.3) is 0 Å². The Bertz CT molecular complexity index is 417. The number of hydrogen-bond donors (Lipinski definition) is 1. The van der Waals surface area contributed by atoms with Crippen molar-refractivity contribution in [3.05, 3.63) is 29.8 Å². The number of rotatable bonds is 3. The number of ether oxygens (including phenoxy) is 2. The van der Waals surface area contributed by atoms with Crippen LogP contribution in [0.2, 0.25) is 0 Å². The van der Waals surface area contributed by atoms with Gasteiger partial charge >= 0.3 is 0 Å². The summed E-state index contributed by atoms with van der Waals surface area (Å²) >= 11 is 0. The molecule has 2 fully saturated rings. The van der Waals surface area contributed by atoms with Crippen LogP contribution in [0.25, 0.3) is 0 Å². The molecule has 3 nitrogen and oxygen atoms in total. The Morgan fingerprint density at radius 3 is 2.30 bits per heavy atom. The van der Waals surface area contributed by atoms with Crippen LogP contribution in [0, 0.1) is 0 Å². The second-order valence-electron chi connectivity index (χ2n) is 6.17. The van der Waals surface area contributed by atoms with E-state index in [2.05, 4.69) is 24.3 Å². The molecule has 1 aliphatic carbocycles. The Hall–Kier alpha value is -1.06. The van der Waals surface area contributed by atoms with Crippen molar-refractivity contribution in [1.82, 2.24) is 0 Å². The Kier molecular flexibility index (Phi) is 4.27. The zero-order valence-electron chi connectivity index (χ0n) is 12.1. The third-order valence-corrected chi connectivity index (χ3v) is 4.65. The van der Waals surface area contributed by atoms with Gasteiger partial charge in [-0.15, -0.1) is 0 Å². The lowest BCUT2D eigenvalue weighted by atomic mass is 9.77. The number of hydrogen-bond acceptors (Lipinski definition) is 3. The molecular formula is C17H25NO2. The SMILES string of the molecule is NC1(c2ccc(OC3CCOCC3)cc2)CCCCC1. The smallest absolute Gasteiger partial charge is 0.119 e. The molecule has 2 aliphatic rings. The summed E-state index contributed by atoms with van der Waals surface area (Å²) < 4.78 is 11.4. The lowest BCUT2D eigenvalue weighted by molar-refractivity contribution is 0.0255. The molecule has 0 unspecified atom stereocenters. The second-order valence-corrected chi connectivity index (χ2v) is 6.17. The van der Waals surface area contributed by atoms with E-state index in [-0.39, 0.29) is 5.54 Å². The normalized spacial score (nSPS) is 23.4. The van der Waals surface area contributed by atoms with Crippen molar-refractivity contribution in [2.45, 2.75) is 56.6 Å². The van der Waals surface area contributed by atoms with E-state index in [1.807, 2.05) is 0 Å².